The third-order valence-electron chi connectivity index (χ3n) is 6.77. The normalized spacial score (nSPS) is 19.3. The van der Waals surface area contributed by atoms with Crippen LogP contribution in [-0.4, -0.2) is 34.6 Å². The number of hydrogen-bond donors (Lipinski definition) is 3. The molecule has 3 N–H and O–H groups in total. The lowest BCUT2D eigenvalue weighted by Crippen LogP contribution is -2.35. The number of ether oxygens (including phenoxy) is 1. The highest BCUT2D eigenvalue weighted by molar-refractivity contribution is 9.10. The van der Waals surface area contributed by atoms with E-state index in [1.807, 2.05) is 24.5 Å². The first-order valence-electron chi connectivity index (χ1n) is 12.2. The molecule has 4 heterocycles. The highest BCUT2D eigenvalue weighted by Gasteiger charge is 2.29. The van der Waals surface area contributed by atoms with E-state index < -0.39 is 0 Å². The predicted molar refractivity (Wildman–Crippen MR) is 139 cm³/mol. The van der Waals surface area contributed by atoms with Crippen LogP contribution in [-0.2, 0) is 24.0 Å². The van der Waals surface area contributed by atoms with E-state index in [2.05, 4.69) is 62.5 Å². The number of carbonyl (C=O) groups is 1. The molecule has 0 radical (unpaired) electrons. The number of anilines is 2. The summed E-state index contributed by atoms with van der Waals surface area (Å²) in [5, 5.41) is 6.67. The Hall–Kier alpha value is -2.64. The summed E-state index contributed by atoms with van der Waals surface area (Å²) < 4.78 is 6.92. The van der Waals surface area contributed by atoms with Gasteiger partial charge in [-0.15, -0.1) is 0 Å². The van der Waals surface area contributed by atoms with Gasteiger partial charge in [-0.3, -0.25) is 9.78 Å². The van der Waals surface area contributed by atoms with Crippen molar-refractivity contribution in [3.63, 3.8) is 0 Å². The van der Waals surface area contributed by atoms with Gasteiger partial charge in [0.05, 0.1) is 29.2 Å². The Balaban J connectivity index is 1.56. The molecule has 2 aromatic heterocycles. The molecule has 6 nitrogen and oxygen atoms in total. The number of aromatic nitrogens is 2. The zero-order valence-electron chi connectivity index (χ0n) is 19.7. The van der Waals surface area contributed by atoms with Crippen LogP contribution in [0.1, 0.15) is 60.3 Å². The number of aryl methyl sites for hydroxylation is 1. The summed E-state index contributed by atoms with van der Waals surface area (Å²) in [6.07, 6.45) is 10.2. The molecule has 1 saturated heterocycles. The fourth-order valence-electron chi connectivity index (χ4n) is 5.08. The Labute approximate surface area is 209 Å². The van der Waals surface area contributed by atoms with Gasteiger partial charge in [-0.2, -0.15) is 0 Å². The number of nitrogens with zero attached hydrogens (tertiary/aromatic N) is 1. The standard InChI is InChI=1S/C27H31BrN4O2/c1-3-5-20-21(28)6-4-7-22(20)31-26-24-23(11-13-30-27(24)33)32-25(26)19-10-12-29-15-17(19)8-9-18-14-16(2)34-18/h4,6-7,10,12,15-16,18,31-32H,3,5,8-9,11,13-14H2,1-2H3,(H,30,33). The minimum absolute atomic E-state index is 0.0363. The predicted octanol–water partition coefficient (Wildman–Crippen LogP) is 5.93. The van der Waals surface area contributed by atoms with Crippen molar-refractivity contribution < 1.29 is 9.53 Å². The number of fused-ring (bicyclic) bond motifs is 1. The Kier molecular flexibility index (Phi) is 6.75. The maximum Gasteiger partial charge on any atom is 0.255 e. The van der Waals surface area contributed by atoms with Gasteiger partial charge in [0.2, 0.25) is 0 Å². The van der Waals surface area contributed by atoms with E-state index >= 15 is 0 Å². The van der Waals surface area contributed by atoms with Crippen molar-refractivity contribution in [2.45, 2.75) is 64.6 Å². The van der Waals surface area contributed by atoms with Gasteiger partial charge in [-0.1, -0.05) is 35.3 Å². The van der Waals surface area contributed by atoms with E-state index in [1.165, 1.54) is 5.56 Å². The van der Waals surface area contributed by atoms with Crippen LogP contribution in [0.15, 0.2) is 41.1 Å². The van der Waals surface area contributed by atoms with Crippen LogP contribution in [0.2, 0.25) is 0 Å². The van der Waals surface area contributed by atoms with Crippen molar-refractivity contribution in [3.05, 3.63) is 63.5 Å². The Morgan fingerprint density at radius 3 is 2.91 bits per heavy atom. The summed E-state index contributed by atoms with van der Waals surface area (Å²) in [6.45, 7) is 4.94. The third-order valence-corrected chi connectivity index (χ3v) is 7.51. The third kappa shape index (κ3) is 4.51. The number of rotatable bonds is 8. The van der Waals surface area contributed by atoms with Crippen LogP contribution in [0.25, 0.3) is 11.3 Å². The SMILES string of the molecule is CCCc1c(Br)cccc1Nc1c(-c2ccncc2CCC2CC(C)O2)[nH]c2c1C(=O)NCC2. The molecule has 2 unspecified atom stereocenters. The first kappa shape index (κ1) is 23.1. The number of carbonyl (C=O) groups excluding carboxylic acids is 1. The molecule has 5 rings (SSSR count). The number of pyridine rings is 1. The second-order valence-electron chi connectivity index (χ2n) is 9.25. The van der Waals surface area contributed by atoms with E-state index in [1.54, 1.807) is 0 Å². The Morgan fingerprint density at radius 2 is 2.12 bits per heavy atom. The van der Waals surface area contributed by atoms with Crippen molar-refractivity contribution in [3.8, 4) is 11.3 Å². The summed E-state index contributed by atoms with van der Waals surface area (Å²) in [5.41, 5.74) is 7.96. The molecular formula is C27H31BrN4O2. The first-order valence-corrected chi connectivity index (χ1v) is 13.0. The van der Waals surface area contributed by atoms with Gasteiger partial charge in [-0.25, -0.2) is 0 Å². The van der Waals surface area contributed by atoms with Crippen molar-refractivity contribution in [1.82, 2.24) is 15.3 Å². The summed E-state index contributed by atoms with van der Waals surface area (Å²) in [5.74, 6) is -0.0363. The van der Waals surface area contributed by atoms with E-state index in [4.69, 9.17) is 4.74 Å². The molecule has 0 aliphatic carbocycles. The van der Waals surface area contributed by atoms with E-state index in [-0.39, 0.29) is 5.91 Å². The molecule has 7 heteroatoms. The molecule has 0 bridgehead atoms. The molecule has 1 aromatic carbocycles. The molecule has 2 aliphatic heterocycles. The van der Waals surface area contributed by atoms with Gasteiger partial charge < -0.3 is 20.4 Å². The molecule has 3 aromatic rings. The summed E-state index contributed by atoms with van der Waals surface area (Å²) >= 11 is 3.72. The largest absolute Gasteiger partial charge is 0.375 e. The monoisotopic (exact) mass is 522 g/mol. The average molecular weight is 523 g/mol. The van der Waals surface area contributed by atoms with Gasteiger partial charge in [0.15, 0.2) is 0 Å². The van der Waals surface area contributed by atoms with Crippen LogP contribution in [0, 0.1) is 0 Å². The van der Waals surface area contributed by atoms with Gasteiger partial charge in [0.25, 0.3) is 5.91 Å². The molecule has 34 heavy (non-hydrogen) atoms. The molecule has 1 fully saturated rings. The van der Waals surface area contributed by atoms with Crippen LogP contribution < -0.4 is 10.6 Å². The number of nitrogens with one attached hydrogen (secondary N) is 3. The van der Waals surface area contributed by atoms with Crippen molar-refractivity contribution in [2.75, 3.05) is 11.9 Å². The Bertz CT molecular complexity index is 1200. The zero-order valence-corrected chi connectivity index (χ0v) is 21.3. The number of aromatic amines is 1. The fourth-order valence-corrected chi connectivity index (χ4v) is 5.65. The minimum atomic E-state index is -0.0363. The molecule has 0 saturated carbocycles. The maximum atomic E-state index is 13.0. The lowest BCUT2D eigenvalue weighted by molar-refractivity contribution is -0.116. The van der Waals surface area contributed by atoms with Gasteiger partial charge in [0.1, 0.15) is 0 Å². The second-order valence-corrected chi connectivity index (χ2v) is 10.1. The molecule has 178 valence electrons. The van der Waals surface area contributed by atoms with Crippen LogP contribution in [0.5, 0.6) is 0 Å². The minimum Gasteiger partial charge on any atom is -0.375 e. The quantitative estimate of drug-likeness (QED) is 0.342. The molecule has 2 atom stereocenters. The smallest absolute Gasteiger partial charge is 0.255 e. The topological polar surface area (TPSA) is 79.0 Å². The van der Waals surface area contributed by atoms with Crippen molar-refractivity contribution >= 4 is 33.2 Å². The number of amides is 1. The highest BCUT2D eigenvalue weighted by atomic mass is 79.9. The van der Waals surface area contributed by atoms with Crippen molar-refractivity contribution in [2.24, 2.45) is 0 Å². The molecular weight excluding hydrogens is 492 g/mol. The number of halogens is 1. The van der Waals surface area contributed by atoms with Gasteiger partial charge >= 0.3 is 0 Å². The average Bonchev–Trinajstić information content (AvgIpc) is 3.18. The molecule has 1 amide bonds. The van der Waals surface area contributed by atoms with E-state index in [0.717, 1.165) is 76.9 Å². The summed E-state index contributed by atoms with van der Waals surface area (Å²) in [6, 6.07) is 8.23. The van der Waals surface area contributed by atoms with Crippen molar-refractivity contribution in [1.29, 1.82) is 0 Å². The second kappa shape index (κ2) is 9.92. The van der Waals surface area contributed by atoms with E-state index in [9.17, 15) is 4.79 Å². The molecule has 0 spiro atoms. The van der Waals surface area contributed by atoms with Crippen LogP contribution >= 0.6 is 15.9 Å². The van der Waals surface area contributed by atoms with E-state index in [0.29, 0.717) is 24.3 Å². The van der Waals surface area contributed by atoms with Crippen LogP contribution in [0.3, 0.4) is 0 Å². The number of H-pyrrole nitrogens is 1. The fraction of sp³-hybridized carbons (Fsp3) is 0.407. The zero-order chi connectivity index (χ0) is 23.7. The first-order chi connectivity index (χ1) is 16.5. The maximum absolute atomic E-state index is 13.0. The summed E-state index contributed by atoms with van der Waals surface area (Å²) in [4.78, 5) is 21.0. The van der Waals surface area contributed by atoms with Gasteiger partial charge in [0, 0.05) is 46.8 Å². The summed E-state index contributed by atoms with van der Waals surface area (Å²) in [7, 11) is 0. The number of benzene rings is 1. The molecule has 2 aliphatic rings. The number of hydrogen-bond acceptors (Lipinski definition) is 4. The highest BCUT2D eigenvalue weighted by Crippen LogP contribution is 2.40. The van der Waals surface area contributed by atoms with Gasteiger partial charge in [-0.05, 0) is 61.9 Å². The Morgan fingerprint density at radius 1 is 1.26 bits per heavy atom. The lowest BCUT2D eigenvalue weighted by atomic mass is 9.95. The van der Waals surface area contributed by atoms with Crippen LogP contribution in [0.4, 0.5) is 11.4 Å². The lowest BCUT2D eigenvalue weighted by Gasteiger charge is -2.33.